The quantitative estimate of drug-likeness (QED) is 0.543. The third-order valence-corrected chi connectivity index (χ3v) is 1.88. The number of nitrogens with two attached hydrogens (primary N) is 1. The first-order valence-electron chi connectivity index (χ1n) is 3.64. The molecule has 4 nitrogen and oxygen atoms in total. The highest BCUT2D eigenvalue weighted by Gasteiger charge is 2.06. The highest BCUT2D eigenvalue weighted by molar-refractivity contribution is 6.39. The minimum absolute atomic E-state index is 0.293. The summed E-state index contributed by atoms with van der Waals surface area (Å²) in [6.07, 6.45) is 4.92. The molecule has 0 saturated carbocycles. The summed E-state index contributed by atoms with van der Waals surface area (Å²) < 4.78 is 1.67. The van der Waals surface area contributed by atoms with Crippen LogP contribution >= 0.6 is 0 Å². The van der Waals surface area contributed by atoms with Crippen molar-refractivity contribution in [2.24, 2.45) is 0 Å². The Morgan fingerprint density at radius 3 is 3.08 bits per heavy atom. The molecule has 13 heavy (non-hydrogen) atoms. The van der Waals surface area contributed by atoms with E-state index in [4.69, 9.17) is 18.8 Å². The maximum Gasteiger partial charge on any atom is 0.131 e. The zero-order valence-corrected chi connectivity index (χ0v) is 6.73. The van der Waals surface area contributed by atoms with Crippen LogP contribution in [0.4, 0.5) is 5.69 Å². The molecule has 2 heterocycles. The number of anilines is 1. The summed E-state index contributed by atoms with van der Waals surface area (Å²) in [6.45, 7) is 0. The Morgan fingerprint density at radius 1 is 1.62 bits per heavy atom. The molecular weight excluding hydrogens is 163 g/mol. The maximum absolute atomic E-state index is 8.72. The summed E-state index contributed by atoms with van der Waals surface area (Å²) in [5, 5.41) is 8.72. The number of nitrogens with zero attached hydrogens (tertiary/aromatic N) is 3. The van der Waals surface area contributed by atoms with Crippen LogP contribution in [0.5, 0.6) is 0 Å². The Balaban J connectivity index is 2.94. The van der Waals surface area contributed by atoms with Crippen LogP contribution in [0.1, 0.15) is 5.56 Å². The highest BCUT2D eigenvalue weighted by atomic mass is 15.0. The molecule has 0 saturated heterocycles. The summed E-state index contributed by atoms with van der Waals surface area (Å²) in [5.74, 6) is 0. The second-order valence-corrected chi connectivity index (χ2v) is 2.64. The van der Waals surface area contributed by atoms with E-state index in [0.717, 1.165) is 0 Å². The van der Waals surface area contributed by atoms with Gasteiger partial charge in [0.2, 0.25) is 0 Å². The Morgan fingerprint density at radius 2 is 2.38 bits per heavy atom. The van der Waals surface area contributed by atoms with Gasteiger partial charge in [0.1, 0.15) is 19.6 Å². The lowest BCUT2D eigenvalue weighted by Crippen LogP contribution is -2.15. The third-order valence-electron chi connectivity index (χ3n) is 1.88. The molecule has 2 rings (SSSR count). The van der Waals surface area contributed by atoms with Gasteiger partial charge < -0.3 is 10.1 Å². The molecule has 0 spiro atoms. The van der Waals surface area contributed by atoms with Gasteiger partial charge in [-0.05, 0) is 5.46 Å². The zero-order chi connectivity index (χ0) is 9.42. The fourth-order valence-electron chi connectivity index (χ4n) is 1.19. The van der Waals surface area contributed by atoms with Crippen molar-refractivity contribution in [3.05, 3.63) is 24.2 Å². The smallest absolute Gasteiger partial charge is 0.131 e. The van der Waals surface area contributed by atoms with Crippen LogP contribution in [-0.4, -0.2) is 17.2 Å². The lowest BCUT2D eigenvalue weighted by Gasteiger charge is -2.04. The van der Waals surface area contributed by atoms with Crippen molar-refractivity contribution in [3.63, 3.8) is 0 Å². The fourth-order valence-corrected chi connectivity index (χ4v) is 1.19. The van der Waals surface area contributed by atoms with E-state index in [1.807, 2.05) is 6.07 Å². The van der Waals surface area contributed by atoms with Gasteiger partial charge in [0.25, 0.3) is 0 Å². The van der Waals surface area contributed by atoms with Gasteiger partial charge in [-0.3, -0.25) is 0 Å². The third kappa shape index (κ3) is 0.958. The van der Waals surface area contributed by atoms with E-state index < -0.39 is 0 Å². The Labute approximate surface area is 76.0 Å². The molecule has 2 N–H and O–H groups in total. The van der Waals surface area contributed by atoms with Crippen molar-refractivity contribution < 1.29 is 0 Å². The Bertz CT molecular complexity index is 509. The molecule has 2 radical (unpaired) electrons. The van der Waals surface area contributed by atoms with E-state index in [2.05, 4.69) is 4.98 Å². The topological polar surface area (TPSA) is 67.1 Å². The first-order chi connectivity index (χ1) is 6.24. The molecule has 0 aromatic carbocycles. The van der Waals surface area contributed by atoms with Crippen molar-refractivity contribution >= 4 is 24.6 Å². The van der Waals surface area contributed by atoms with Crippen molar-refractivity contribution in [3.8, 4) is 6.07 Å². The van der Waals surface area contributed by atoms with E-state index in [-0.39, 0.29) is 0 Å². The second-order valence-electron chi connectivity index (χ2n) is 2.64. The number of hydrogen-bond acceptors (Lipinski definition) is 3. The first-order valence-corrected chi connectivity index (χ1v) is 3.64. The van der Waals surface area contributed by atoms with Crippen LogP contribution in [-0.2, 0) is 0 Å². The molecule has 5 heteroatoms. The second kappa shape index (κ2) is 2.52. The van der Waals surface area contributed by atoms with Crippen LogP contribution in [0, 0.1) is 11.3 Å². The fraction of sp³-hybridized carbons (Fsp3) is 0. The van der Waals surface area contributed by atoms with Crippen molar-refractivity contribution in [1.29, 1.82) is 5.26 Å². The summed E-state index contributed by atoms with van der Waals surface area (Å²) in [6, 6.07) is 1.96. The molecule has 0 aliphatic carbocycles. The molecular formula is C8H5BN4. The van der Waals surface area contributed by atoms with Gasteiger partial charge in [0.15, 0.2) is 0 Å². The minimum atomic E-state index is 0.293. The molecule has 2 aromatic heterocycles. The van der Waals surface area contributed by atoms with Gasteiger partial charge in [-0.15, -0.1) is 0 Å². The minimum Gasteiger partial charge on any atom is -0.398 e. The molecule has 60 valence electrons. The molecule has 0 aliphatic heterocycles. The van der Waals surface area contributed by atoms with Gasteiger partial charge in [0, 0.05) is 24.3 Å². The largest absolute Gasteiger partial charge is 0.398 e. The number of pyridine rings is 1. The average molecular weight is 168 g/mol. The Kier molecular flexibility index (Phi) is 1.49. The zero-order valence-electron chi connectivity index (χ0n) is 6.73. The summed E-state index contributed by atoms with van der Waals surface area (Å²) >= 11 is 0. The summed E-state index contributed by atoms with van der Waals surface area (Å²) in [4.78, 5) is 4.00. The molecule has 0 amide bonds. The number of rotatable bonds is 0. The van der Waals surface area contributed by atoms with E-state index in [1.54, 1.807) is 23.0 Å². The predicted octanol–water partition coefficient (Wildman–Crippen LogP) is -0.418. The van der Waals surface area contributed by atoms with Gasteiger partial charge in [0.05, 0.1) is 5.56 Å². The lowest BCUT2D eigenvalue weighted by atomic mass is 9.93. The van der Waals surface area contributed by atoms with E-state index in [0.29, 0.717) is 22.4 Å². The van der Waals surface area contributed by atoms with Crippen LogP contribution < -0.4 is 11.2 Å². The molecule has 0 atom stereocenters. The van der Waals surface area contributed by atoms with Crippen LogP contribution in [0.3, 0.4) is 0 Å². The number of nitrogen functional groups attached to an aromatic ring is 1. The van der Waals surface area contributed by atoms with Gasteiger partial charge in [-0.25, -0.2) is 4.98 Å². The monoisotopic (exact) mass is 168 g/mol. The molecule has 0 bridgehead atoms. The van der Waals surface area contributed by atoms with E-state index >= 15 is 0 Å². The van der Waals surface area contributed by atoms with E-state index in [1.165, 1.54) is 0 Å². The number of imidazole rings is 1. The number of aromatic nitrogens is 2. The van der Waals surface area contributed by atoms with Crippen LogP contribution in [0.25, 0.3) is 5.65 Å². The molecule has 2 aromatic rings. The number of hydrogen-bond donors (Lipinski definition) is 1. The van der Waals surface area contributed by atoms with Crippen molar-refractivity contribution in [2.75, 3.05) is 5.73 Å². The van der Waals surface area contributed by atoms with Crippen molar-refractivity contribution in [1.82, 2.24) is 9.38 Å². The predicted molar refractivity (Wildman–Crippen MR) is 49.7 cm³/mol. The molecule has 0 aliphatic rings. The van der Waals surface area contributed by atoms with Gasteiger partial charge >= 0.3 is 0 Å². The standard InChI is InChI=1S/C8H5BN4/c9-6-7(11)5(3-10)4-13-2-1-12-8(6)13/h1-2,4H,11H2. The SMILES string of the molecule is [B]c1c(N)c(C#N)cn2ccnc12. The number of fused-ring (bicyclic) bond motifs is 1. The Hall–Kier alpha value is -1.96. The first kappa shape index (κ1) is 7.68. The van der Waals surface area contributed by atoms with Gasteiger partial charge in [-0.2, -0.15) is 5.26 Å². The average Bonchev–Trinajstić information content (AvgIpc) is 2.59. The van der Waals surface area contributed by atoms with Crippen LogP contribution in [0.2, 0.25) is 0 Å². The highest BCUT2D eigenvalue weighted by Crippen LogP contribution is 2.09. The van der Waals surface area contributed by atoms with E-state index in [9.17, 15) is 0 Å². The van der Waals surface area contributed by atoms with Gasteiger partial charge in [-0.1, -0.05) is 0 Å². The van der Waals surface area contributed by atoms with Crippen molar-refractivity contribution in [2.45, 2.75) is 0 Å². The molecule has 0 fully saturated rings. The maximum atomic E-state index is 8.72. The summed E-state index contributed by atoms with van der Waals surface area (Å²) in [7, 11) is 5.68. The lowest BCUT2D eigenvalue weighted by molar-refractivity contribution is 1.19. The van der Waals surface area contributed by atoms with Crippen LogP contribution in [0.15, 0.2) is 18.6 Å². The molecule has 0 unspecified atom stereocenters. The number of nitriles is 1. The summed E-state index contributed by atoms with van der Waals surface area (Å²) in [5.41, 5.74) is 7.21. The normalized spacial score (nSPS) is 10.1.